The number of carbonyl (C=O) groups is 1. The van der Waals surface area contributed by atoms with Crippen LogP contribution in [0.3, 0.4) is 0 Å². The standard InChI is InChI=1S/C22H32N4OS/c1-15(12-19-11-10-16(2)28-19)25-21(23-6)24-14-17-8-7-9-18(13-17)20(27)26-22(3,4)5/h7-11,13,15H,12,14H2,1-6H3,(H,26,27)(H2,23,24,25). The van der Waals surface area contributed by atoms with Crippen molar-refractivity contribution < 1.29 is 4.79 Å². The molecule has 152 valence electrons. The van der Waals surface area contributed by atoms with Crippen molar-refractivity contribution in [1.29, 1.82) is 0 Å². The molecule has 1 aromatic carbocycles. The zero-order chi connectivity index (χ0) is 20.7. The van der Waals surface area contributed by atoms with Crippen LogP contribution in [0.4, 0.5) is 0 Å². The Hall–Kier alpha value is -2.34. The maximum Gasteiger partial charge on any atom is 0.251 e. The van der Waals surface area contributed by atoms with E-state index in [2.05, 4.69) is 46.9 Å². The lowest BCUT2D eigenvalue weighted by Crippen LogP contribution is -2.42. The molecule has 1 amide bonds. The predicted molar refractivity (Wildman–Crippen MR) is 119 cm³/mol. The van der Waals surface area contributed by atoms with E-state index in [0.717, 1.165) is 17.9 Å². The van der Waals surface area contributed by atoms with Crippen LogP contribution in [0.2, 0.25) is 0 Å². The Morgan fingerprint density at radius 2 is 1.96 bits per heavy atom. The highest BCUT2D eigenvalue weighted by Gasteiger charge is 2.15. The van der Waals surface area contributed by atoms with E-state index in [0.29, 0.717) is 12.1 Å². The zero-order valence-electron chi connectivity index (χ0n) is 17.7. The summed E-state index contributed by atoms with van der Waals surface area (Å²) in [4.78, 5) is 19.4. The summed E-state index contributed by atoms with van der Waals surface area (Å²) in [6.07, 6.45) is 0.960. The zero-order valence-corrected chi connectivity index (χ0v) is 18.5. The molecule has 1 atom stereocenters. The number of rotatable bonds is 6. The van der Waals surface area contributed by atoms with Crippen LogP contribution >= 0.6 is 11.3 Å². The number of hydrogen-bond donors (Lipinski definition) is 3. The molecule has 0 aliphatic heterocycles. The normalized spacial score (nSPS) is 13.1. The second kappa shape index (κ2) is 9.73. The van der Waals surface area contributed by atoms with Gasteiger partial charge in [0.25, 0.3) is 5.91 Å². The molecule has 6 heteroatoms. The molecule has 28 heavy (non-hydrogen) atoms. The minimum Gasteiger partial charge on any atom is -0.354 e. The number of thiophene rings is 1. The molecule has 2 rings (SSSR count). The summed E-state index contributed by atoms with van der Waals surface area (Å²) in [5.74, 6) is 0.696. The van der Waals surface area contributed by atoms with Crippen LogP contribution in [0.25, 0.3) is 0 Å². The SMILES string of the molecule is CN=C(NCc1cccc(C(=O)NC(C)(C)C)c1)NC(C)Cc1ccc(C)s1. The highest BCUT2D eigenvalue weighted by atomic mass is 32.1. The molecule has 1 aromatic heterocycles. The Balaban J connectivity index is 1.90. The van der Waals surface area contributed by atoms with Crippen molar-refractivity contribution in [3.8, 4) is 0 Å². The van der Waals surface area contributed by atoms with Gasteiger partial charge in [0.05, 0.1) is 0 Å². The van der Waals surface area contributed by atoms with Gasteiger partial charge in [0.1, 0.15) is 0 Å². The van der Waals surface area contributed by atoms with E-state index in [1.807, 2.05) is 56.4 Å². The number of nitrogens with one attached hydrogen (secondary N) is 3. The third kappa shape index (κ3) is 7.35. The molecule has 0 aliphatic rings. The van der Waals surface area contributed by atoms with Crippen LogP contribution in [0.5, 0.6) is 0 Å². The number of guanidine groups is 1. The second-order valence-electron chi connectivity index (χ2n) is 8.09. The van der Waals surface area contributed by atoms with E-state index >= 15 is 0 Å². The number of nitrogens with zero attached hydrogens (tertiary/aromatic N) is 1. The largest absolute Gasteiger partial charge is 0.354 e. The number of amides is 1. The number of aryl methyl sites for hydroxylation is 1. The first-order chi connectivity index (χ1) is 13.2. The number of hydrogen-bond acceptors (Lipinski definition) is 3. The van der Waals surface area contributed by atoms with Crippen LogP contribution in [0.15, 0.2) is 41.4 Å². The summed E-state index contributed by atoms with van der Waals surface area (Å²) in [7, 11) is 1.77. The molecular weight excluding hydrogens is 368 g/mol. The summed E-state index contributed by atoms with van der Waals surface area (Å²) in [5.41, 5.74) is 1.44. The fourth-order valence-electron chi connectivity index (χ4n) is 2.80. The van der Waals surface area contributed by atoms with Crippen molar-refractivity contribution in [2.75, 3.05) is 7.05 Å². The van der Waals surface area contributed by atoms with Gasteiger partial charge in [-0.2, -0.15) is 0 Å². The third-order valence-corrected chi connectivity index (χ3v) is 5.07. The minimum atomic E-state index is -0.255. The van der Waals surface area contributed by atoms with Crippen molar-refractivity contribution in [2.24, 2.45) is 4.99 Å². The molecular formula is C22H32N4OS. The average molecular weight is 401 g/mol. The van der Waals surface area contributed by atoms with Gasteiger partial charge in [-0.25, -0.2) is 0 Å². The van der Waals surface area contributed by atoms with Crippen LogP contribution < -0.4 is 16.0 Å². The van der Waals surface area contributed by atoms with Gasteiger partial charge in [-0.05, 0) is 64.4 Å². The topological polar surface area (TPSA) is 65.5 Å². The minimum absolute atomic E-state index is 0.0586. The van der Waals surface area contributed by atoms with E-state index in [1.54, 1.807) is 7.05 Å². The van der Waals surface area contributed by atoms with Crippen molar-refractivity contribution in [1.82, 2.24) is 16.0 Å². The Bertz CT molecular complexity index is 820. The van der Waals surface area contributed by atoms with Crippen LogP contribution in [0.1, 0.15) is 53.4 Å². The third-order valence-electron chi connectivity index (χ3n) is 4.05. The van der Waals surface area contributed by atoms with Gasteiger partial charge in [0.15, 0.2) is 5.96 Å². The quantitative estimate of drug-likeness (QED) is 0.509. The molecule has 0 aliphatic carbocycles. The Labute approximate surface area is 172 Å². The van der Waals surface area contributed by atoms with Gasteiger partial charge < -0.3 is 16.0 Å². The second-order valence-corrected chi connectivity index (χ2v) is 9.46. The highest BCUT2D eigenvalue weighted by Crippen LogP contribution is 2.16. The van der Waals surface area contributed by atoms with E-state index in [9.17, 15) is 4.79 Å². The molecule has 0 radical (unpaired) electrons. The molecule has 0 fully saturated rings. The molecule has 0 bridgehead atoms. The van der Waals surface area contributed by atoms with Gasteiger partial charge in [0.2, 0.25) is 0 Å². The van der Waals surface area contributed by atoms with Crippen LogP contribution in [-0.4, -0.2) is 30.5 Å². The average Bonchev–Trinajstić information content (AvgIpc) is 3.02. The lowest BCUT2D eigenvalue weighted by atomic mass is 10.1. The first-order valence-electron chi connectivity index (χ1n) is 9.60. The first-order valence-corrected chi connectivity index (χ1v) is 10.4. The van der Waals surface area contributed by atoms with Gasteiger partial charge in [-0.1, -0.05) is 12.1 Å². The molecule has 0 saturated carbocycles. The maximum absolute atomic E-state index is 12.4. The smallest absolute Gasteiger partial charge is 0.251 e. The highest BCUT2D eigenvalue weighted by molar-refractivity contribution is 7.11. The Kier molecular flexibility index (Phi) is 7.63. The fourth-order valence-corrected chi connectivity index (χ4v) is 3.82. The number of aliphatic imine (C=N–C) groups is 1. The van der Waals surface area contributed by atoms with Crippen LogP contribution in [0, 0.1) is 6.92 Å². The van der Waals surface area contributed by atoms with Gasteiger partial charge in [-0.3, -0.25) is 9.79 Å². The van der Waals surface area contributed by atoms with Gasteiger partial charge in [0, 0.05) is 46.9 Å². The molecule has 5 nitrogen and oxygen atoms in total. The Morgan fingerprint density at radius 3 is 2.57 bits per heavy atom. The van der Waals surface area contributed by atoms with E-state index in [4.69, 9.17) is 0 Å². The summed E-state index contributed by atoms with van der Waals surface area (Å²) in [6.45, 7) is 10.8. The van der Waals surface area contributed by atoms with Crippen molar-refractivity contribution in [3.63, 3.8) is 0 Å². The maximum atomic E-state index is 12.4. The molecule has 3 N–H and O–H groups in total. The summed E-state index contributed by atoms with van der Waals surface area (Å²) in [6, 6.07) is 12.3. The lowest BCUT2D eigenvalue weighted by Gasteiger charge is -2.21. The van der Waals surface area contributed by atoms with Gasteiger partial charge in [-0.15, -0.1) is 11.3 Å². The summed E-state index contributed by atoms with van der Waals surface area (Å²) in [5, 5.41) is 9.76. The predicted octanol–water partition coefficient (Wildman–Crippen LogP) is 3.88. The number of benzene rings is 1. The van der Waals surface area contributed by atoms with Crippen molar-refractivity contribution in [2.45, 2.75) is 59.2 Å². The lowest BCUT2D eigenvalue weighted by molar-refractivity contribution is 0.0919. The Morgan fingerprint density at radius 1 is 1.21 bits per heavy atom. The van der Waals surface area contributed by atoms with Crippen LogP contribution in [-0.2, 0) is 13.0 Å². The molecule has 0 spiro atoms. The molecule has 2 aromatic rings. The number of carbonyl (C=O) groups excluding carboxylic acids is 1. The molecule has 1 unspecified atom stereocenters. The molecule has 0 saturated heterocycles. The summed E-state index contributed by atoms with van der Waals surface area (Å²) < 4.78 is 0. The first kappa shape index (κ1) is 22.0. The molecule has 1 heterocycles. The van der Waals surface area contributed by atoms with Crippen molar-refractivity contribution in [3.05, 3.63) is 57.3 Å². The monoisotopic (exact) mass is 400 g/mol. The summed E-state index contributed by atoms with van der Waals surface area (Å²) >= 11 is 1.83. The van der Waals surface area contributed by atoms with Gasteiger partial charge >= 0.3 is 0 Å². The van der Waals surface area contributed by atoms with E-state index in [1.165, 1.54) is 9.75 Å². The van der Waals surface area contributed by atoms with E-state index in [-0.39, 0.29) is 17.5 Å². The van der Waals surface area contributed by atoms with Crippen molar-refractivity contribution >= 4 is 23.2 Å². The van der Waals surface area contributed by atoms with E-state index < -0.39 is 0 Å². The fraction of sp³-hybridized carbons (Fsp3) is 0.455.